The molecule has 0 amide bonds. The Hall–Kier alpha value is -2.17. The molecule has 0 bridgehead atoms. The summed E-state index contributed by atoms with van der Waals surface area (Å²) in [5.41, 5.74) is 2.04. The summed E-state index contributed by atoms with van der Waals surface area (Å²) in [7, 11) is 0. The number of hydrogen-bond donors (Lipinski definition) is 1. The predicted molar refractivity (Wildman–Crippen MR) is 57.7 cm³/mol. The Morgan fingerprint density at radius 2 is 2.12 bits per heavy atom. The van der Waals surface area contributed by atoms with Crippen LogP contribution in [0, 0.1) is 0 Å². The number of aromatic nitrogens is 2. The molecule has 0 aliphatic rings. The second-order valence-corrected chi connectivity index (χ2v) is 3.01. The van der Waals surface area contributed by atoms with Gasteiger partial charge in [0.05, 0.1) is 5.69 Å². The number of H-pyrrole nitrogens is 1. The molecule has 1 heterocycles. The molecule has 2 aromatic rings. The van der Waals surface area contributed by atoms with Crippen LogP contribution in [0.1, 0.15) is 11.3 Å². The summed E-state index contributed by atoms with van der Waals surface area (Å²) in [6, 6.07) is 11.1. The van der Waals surface area contributed by atoms with Gasteiger partial charge in [-0.3, -0.25) is 5.10 Å². The summed E-state index contributed by atoms with van der Waals surface area (Å²) in [5.74, 6) is 0. The minimum Gasteiger partial charge on any atom is -0.361 e. The van der Waals surface area contributed by atoms with E-state index in [1.54, 1.807) is 12.3 Å². The average Bonchev–Trinajstić information content (AvgIpc) is 2.85. The van der Waals surface area contributed by atoms with Gasteiger partial charge < -0.3 is 4.84 Å². The molecular formula is C11H10FN3O. The first-order valence-corrected chi connectivity index (χ1v) is 4.73. The summed E-state index contributed by atoms with van der Waals surface area (Å²) in [6.07, 6.45) is 1.60. The lowest BCUT2D eigenvalue weighted by molar-refractivity contribution is 0.0637. The molecule has 0 saturated carbocycles. The third-order valence-electron chi connectivity index (χ3n) is 2.01. The van der Waals surface area contributed by atoms with Crippen LogP contribution in [0.4, 0.5) is 4.39 Å². The van der Waals surface area contributed by atoms with Gasteiger partial charge in [0.15, 0.2) is 0 Å². The fourth-order valence-electron chi connectivity index (χ4n) is 1.33. The number of oxime groups is 1. The fraction of sp³-hybridized carbons (Fsp3) is 0.0909. The average molecular weight is 219 g/mol. The maximum Gasteiger partial charge on any atom is 0.255 e. The van der Waals surface area contributed by atoms with Crippen LogP contribution in [0.25, 0.3) is 0 Å². The lowest BCUT2D eigenvalue weighted by Gasteiger charge is -2.02. The van der Waals surface area contributed by atoms with Crippen LogP contribution in [0.15, 0.2) is 47.8 Å². The second kappa shape index (κ2) is 5.06. The monoisotopic (exact) mass is 219 g/mol. The standard InChI is InChI=1S/C11H10FN3O/c12-8-16-15-11(10-6-7-13-14-10)9-4-2-1-3-5-9/h1-7H,8H2,(H,13,14). The van der Waals surface area contributed by atoms with Gasteiger partial charge in [0.25, 0.3) is 6.86 Å². The van der Waals surface area contributed by atoms with E-state index in [0.29, 0.717) is 11.4 Å². The number of aromatic amines is 1. The van der Waals surface area contributed by atoms with Crippen molar-refractivity contribution in [1.29, 1.82) is 0 Å². The third kappa shape index (κ3) is 2.25. The number of halogens is 1. The molecule has 4 nitrogen and oxygen atoms in total. The quantitative estimate of drug-likeness (QED) is 0.632. The molecule has 0 atom stereocenters. The van der Waals surface area contributed by atoms with Crippen LogP contribution in [0.5, 0.6) is 0 Å². The Morgan fingerprint density at radius 3 is 2.75 bits per heavy atom. The van der Waals surface area contributed by atoms with E-state index in [-0.39, 0.29) is 0 Å². The molecule has 0 saturated heterocycles. The Bertz CT molecular complexity index is 453. The normalized spacial score (nSPS) is 11.4. The van der Waals surface area contributed by atoms with Crippen LogP contribution in [-0.4, -0.2) is 22.8 Å². The van der Waals surface area contributed by atoms with Crippen molar-refractivity contribution in [2.75, 3.05) is 6.86 Å². The predicted octanol–water partition coefficient (Wildman–Crippen LogP) is 2.11. The van der Waals surface area contributed by atoms with Crippen molar-refractivity contribution >= 4 is 5.71 Å². The zero-order valence-corrected chi connectivity index (χ0v) is 8.43. The molecular weight excluding hydrogens is 209 g/mol. The number of benzene rings is 1. The van der Waals surface area contributed by atoms with E-state index in [1.807, 2.05) is 30.3 Å². The molecule has 0 aliphatic heterocycles. The number of rotatable bonds is 4. The van der Waals surface area contributed by atoms with E-state index in [4.69, 9.17) is 0 Å². The zero-order valence-electron chi connectivity index (χ0n) is 8.43. The molecule has 0 spiro atoms. The summed E-state index contributed by atoms with van der Waals surface area (Å²) in [5, 5.41) is 10.3. The summed E-state index contributed by atoms with van der Waals surface area (Å²) < 4.78 is 12.0. The van der Waals surface area contributed by atoms with E-state index in [2.05, 4.69) is 20.2 Å². The van der Waals surface area contributed by atoms with Crippen molar-refractivity contribution in [1.82, 2.24) is 10.2 Å². The van der Waals surface area contributed by atoms with E-state index < -0.39 is 6.86 Å². The summed E-state index contributed by atoms with van der Waals surface area (Å²) in [6.45, 7) is -0.954. The molecule has 1 aromatic heterocycles. The lowest BCUT2D eigenvalue weighted by atomic mass is 10.1. The maximum atomic E-state index is 12.0. The van der Waals surface area contributed by atoms with E-state index in [1.165, 1.54) is 0 Å². The molecule has 0 fully saturated rings. The summed E-state index contributed by atoms with van der Waals surface area (Å²) >= 11 is 0. The van der Waals surface area contributed by atoms with Gasteiger partial charge in [-0.25, -0.2) is 4.39 Å². The molecule has 2 rings (SSSR count). The molecule has 0 aliphatic carbocycles. The molecule has 82 valence electrons. The van der Waals surface area contributed by atoms with E-state index in [9.17, 15) is 4.39 Å². The van der Waals surface area contributed by atoms with Crippen molar-refractivity contribution in [2.24, 2.45) is 5.16 Å². The van der Waals surface area contributed by atoms with Crippen molar-refractivity contribution in [3.05, 3.63) is 53.9 Å². The molecule has 0 radical (unpaired) electrons. The minimum absolute atomic E-state index is 0.524. The van der Waals surface area contributed by atoms with Crippen LogP contribution in [-0.2, 0) is 4.84 Å². The van der Waals surface area contributed by atoms with Crippen LogP contribution in [0.3, 0.4) is 0 Å². The second-order valence-electron chi connectivity index (χ2n) is 3.01. The highest BCUT2D eigenvalue weighted by Crippen LogP contribution is 2.08. The number of nitrogens with one attached hydrogen (secondary N) is 1. The number of nitrogens with zero attached hydrogens (tertiary/aromatic N) is 2. The molecule has 1 N–H and O–H groups in total. The number of hydrogen-bond acceptors (Lipinski definition) is 3. The topological polar surface area (TPSA) is 50.3 Å². The van der Waals surface area contributed by atoms with Gasteiger partial charge in [0.1, 0.15) is 5.71 Å². The van der Waals surface area contributed by atoms with Crippen LogP contribution >= 0.6 is 0 Å². The van der Waals surface area contributed by atoms with Gasteiger partial charge in [0.2, 0.25) is 0 Å². The molecule has 5 heteroatoms. The van der Waals surface area contributed by atoms with E-state index >= 15 is 0 Å². The van der Waals surface area contributed by atoms with Crippen molar-refractivity contribution < 1.29 is 9.23 Å². The Labute approximate surface area is 91.7 Å². The smallest absolute Gasteiger partial charge is 0.255 e. The van der Waals surface area contributed by atoms with Gasteiger partial charge in [-0.15, -0.1) is 0 Å². The van der Waals surface area contributed by atoms with Gasteiger partial charge in [-0.2, -0.15) is 5.10 Å². The van der Waals surface area contributed by atoms with Crippen molar-refractivity contribution in [3.8, 4) is 0 Å². The highest BCUT2D eigenvalue weighted by molar-refractivity contribution is 6.11. The van der Waals surface area contributed by atoms with Crippen LogP contribution < -0.4 is 0 Å². The Balaban J connectivity index is 2.37. The highest BCUT2D eigenvalue weighted by atomic mass is 19.1. The lowest BCUT2D eigenvalue weighted by Crippen LogP contribution is -2.04. The van der Waals surface area contributed by atoms with Crippen molar-refractivity contribution in [3.63, 3.8) is 0 Å². The molecule has 1 aromatic carbocycles. The zero-order chi connectivity index (χ0) is 11.2. The first-order valence-electron chi connectivity index (χ1n) is 4.73. The van der Waals surface area contributed by atoms with Gasteiger partial charge in [0, 0.05) is 11.8 Å². The third-order valence-corrected chi connectivity index (χ3v) is 2.01. The maximum absolute atomic E-state index is 12.0. The first kappa shape index (κ1) is 10.4. The Kier molecular flexibility index (Phi) is 3.28. The highest BCUT2D eigenvalue weighted by Gasteiger charge is 2.08. The SMILES string of the molecule is FCON=C(c1ccccc1)c1ccn[nH]1. The van der Waals surface area contributed by atoms with Gasteiger partial charge in [-0.05, 0) is 6.07 Å². The van der Waals surface area contributed by atoms with Gasteiger partial charge in [-0.1, -0.05) is 35.5 Å². The Morgan fingerprint density at radius 1 is 1.31 bits per heavy atom. The van der Waals surface area contributed by atoms with Gasteiger partial charge >= 0.3 is 0 Å². The summed E-state index contributed by atoms with van der Waals surface area (Å²) in [4.78, 5) is 4.45. The van der Waals surface area contributed by atoms with E-state index in [0.717, 1.165) is 5.56 Å². The minimum atomic E-state index is -0.954. The first-order chi connectivity index (χ1) is 7.92. The van der Waals surface area contributed by atoms with Crippen molar-refractivity contribution in [2.45, 2.75) is 0 Å². The fourth-order valence-corrected chi connectivity index (χ4v) is 1.33. The molecule has 16 heavy (non-hydrogen) atoms. The largest absolute Gasteiger partial charge is 0.361 e. The van der Waals surface area contributed by atoms with Crippen LogP contribution in [0.2, 0.25) is 0 Å². The molecule has 0 unspecified atom stereocenters. The number of alkyl halides is 1.